The molecule has 0 aliphatic carbocycles. The molecule has 3 N–H and O–H groups in total. The Kier molecular flexibility index (Phi) is 37.4. The lowest BCUT2D eigenvalue weighted by Gasteiger charge is -2.20. The molecule has 0 radical (unpaired) electrons. The monoisotopic (exact) mass is 706 g/mol. The highest BCUT2D eigenvalue weighted by Crippen LogP contribution is 2.43. The van der Waals surface area contributed by atoms with Gasteiger partial charge in [0.25, 0.3) is 0 Å². The maximum absolute atomic E-state index is 12.5. The third-order valence-corrected chi connectivity index (χ3v) is 10.0. The van der Waals surface area contributed by atoms with Crippen LogP contribution in [0.4, 0.5) is 0 Å². The van der Waals surface area contributed by atoms with Gasteiger partial charge in [-0.1, -0.05) is 187 Å². The fraction of sp³-hybridized carbons (Fsp3) is 0.974. The Labute approximate surface area is 297 Å². The number of carbonyl (C=O) groups is 1. The van der Waals surface area contributed by atoms with Crippen LogP contribution in [0.1, 0.15) is 206 Å². The summed E-state index contributed by atoms with van der Waals surface area (Å²) in [5, 5.41) is 0. The highest BCUT2D eigenvalue weighted by molar-refractivity contribution is 7.47. The van der Waals surface area contributed by atoms with Gasteiger partial charge in [0.1, 0.15) is 6.10 Å². The summed E-state index contributed by atoms with van der Waals surface area (Å²) in [6.07, 6.45) is 36.9. The Hall–Kier alpha value is -0.500. The minimum atomic E-state index is -4.26. The summed E-state index contributed by atoms with van der Waals surface area (Å²) < 4.78 is 33.3. The Bertz CT molecular complexity index is 712. The van der Waals surface area contributed by atoms with Gasteiger partial charge in [-0.2, -0.15) is 0 Å². The van der Waals surface area contributed by atoms with Crippen molar-refractivity contribution in [3.05, 3.63) is 0 Å². The Morgan fingerprint density at radius 3 is 1.31 bits per heavy atom. The van der Waals surface area contributed by atoms with E-state index in [0.29, 0.717) is 13.0 Å². The van der Waals surface area contributed by atoms with Crippen LogP contribution in [-0.2, 0) is 27.9 Å². The molecule has 2 atom stereocenters. The average molecular weight is 706 g/mol. The second kappa shape index (κ2) is 37.7. The Balaban J connectivity index is 3.93. The van der Waals surface area contributed by atoms with Gasteiger partial charge in [-0.05, 0) is 12.8 Å². The molecule has 0 bridgehead atoms. The summed E-state index contributed by atoms with van der Waals surface area (Å²) in [4.78, 5) is 22.3. The Morgan fingerprint density at radius 1 is 0.542 bits per heavy atom. The van der Waals surface area contributed by atoms with E-state index in [9.17, 15) is 14.3 Å². The number of hydrogen-bond acceptors (Lipinski definition) is 7. The summed E-state index contributed by atoms with van der Waals surface area (Å²) in [6, 6.07) is 0. The smallest absolute Gasteiger partial charge is 0.457 e. The van der Waals surface area contributed by atoms with Crippen LogP contribution < -0.4 is 5.73 Å². The number of carbonyl (C=O) groups excluding carboxylic acids is 1. The molecule has 8 nitrogen and oxygen atoms in total. The van der Waals surface area contributed by atoms with Gasteiger partial charge in [0.15, 0.2) is 0 Å². The maximum atomic E-state index is 12.5. The molecule has 0 rings (SSSR count). The molecular weight excluding hydrogens is 625 g/mol. The Morgan fingerprint density at radius 2 is 0.917 bits per heavy atom. The maximum Gasteiger partial charge on any atom is 0.472 e. The number of phosphoric ester groups is 1. The molecule has 9 heteroatoms. The molecule has 0 saturated carbocycles. The van der Waals surface area contributed by atoms with Crippen LogP contribution in [0, 0.1) is 0 Å². The SMILES string of the molecule is CCCCCCCCCCCCCCCCCCCCCOCC(COP(=O)(O)OCCN)OC(=O)CCCCCCCCCCCC. The van der Waals surface area contributed by atoms with Crippen molar-refractivity contribution in [3.63, 3.8) is 0 Å². The average Bonchev–Trinajstić information content (AvgIpc) is 3.07. The molecule has 0 aliphatic rings. The van der Waals surface area contributed by atoms with Crippen LogP contribution in [0.2, 0.25) is 0 Å². The number of nitrogens with two attached hydrogens (primary N) is 1. The van der Waals surface area contributed by atoms with Crippen LogP contribution in [0.3, 0.4) is 0 Å². The van der Waals surface area contributed by atoms with Gasteiger partial charge in [0.05, 0.1) is 19.8 Å². The molecule has 0 aliphatic heterocycles. The van der Waals surface area contributed by atoms with E-state index < -0.39 is 13.9 Å². The number of hydrogen-bond donors (Lipinski definition) is 2. The highest BCUT2D eigenvalue weighted by Gasteiger charge is 2.25. The molecule has 0 aromatic heterocycles. The predicted molar refractivity (Wildman–Crippen MR) is 201 cm³/mol. The normalized spacial score (nSPS) is 13.5. The fourth-order valence-corrected chi connectivity index (χ4v) is 6.76. The third kappa shape index (κ3) is 36.8. The summed E-state index contributed by atoms with van der Waals surface area (Å²) in [6.45, 7) is 4.95. The van der Waals surface area contributed by atoms with E-state index in [4.69, 9.17) is 24.3 Å². The van der Waals surface area contributed by atoms with Gasteiger partial charge in [0.2, 0.25) is 0 Å². The molecule has 0 aromatic rings. The zero-order valence-corrected chi connectivity index (χ0v) is 32.6. The summed E-state index contributed by atoms with van der Waals surface area (Å²) >= 11 is 0. The van der Waals surface area contributed by atoms with Gasteiger partial charge in [0, 0.05) is 19.6 Å². The quantitative estimate of drug-likeness (QED) is 0.0367. The van der Waals surface area contributed by atoms with Gasteiger partial charge < -0.3 is 20.1 Å². The minimum Gasteiger partial charge on any atom is -0.457 e. The van der Waals surface area contributed by atoms with Gasteiger partial charge in [-0.15, -0.1) is 0 Å². The van der Waals surface area contributed by atoms with E-state index in [0.717, 1.165) is 32.1 Å². The zero-order chi connectivity index (χ0) is 35.2. The van der Waals surface area contributed by atoms with Gasteiger partial charge in [-0.3, -0.25) is 13.8 Å². The summed E-state index contributed by atoms with van der Waals surface area (Å²) in [5.74, 6) is -0.328. The minimum absolute atomic E-state index is 0.0904. The molecule has 2 unspecified atom stereocenters. The first-order valence-corrected chi connectivity index (χ1v) is 22.0. The first-order chi connectivity index (χ1) is 23.4. The van der Waals surface area contributed by atoms with Crippen molar-refractivity contribution < 1.29 is 32.8 Å². The van der Waals surface area contributed by atoms with Crippen LogP contribution in [0.5, 0.6) is 0 Å². The summed E-state index contributed by atoms with van der Waals surface area (Å²) in [7, 11) is -4.26. The lowest BCUT2D eigenvalue weighted by atomic mass is 10.0. The topological polar surface area (TPSA) is 117 Å². The van der Waals surface area contributed by atoms with Crippen LogP contribution >= 0.6 is 7.82 Å². The molecule has 0 aromatic carbocycles. The van der Waals surface area contributed by atoms with E-state index in [1.54, 1.807) is 0 Å². The van der Waals surface area contributed by atoms with Gasteiger partial charge in [-0.25, -0.2) is 4.57 Å². The van der Waals surface area contributed by atoms with Crippen molar-refractivity contribution in [2.24, 2.45) is 5.73 Å². The number of ether oxygens (including phenoxy) is 2. The molecule has 48 heavy (non-hydrogen) atoms. The zero-order valence-electron chi connectivity index (χ0n) is 31.7. The van der Waals surface area contributed by atoms with E-state index >= 15 is 0 Å². The molecule has 0 saturated heterocycles. The van der Waals surface area contributed by atoms with Crippen LogP contribution in [-0.4, -0.2) is 49.9 Å². The van der Waals surface area contributed by atoms with E-state index in [1.807, 2.05) is 0 Å². The van der Waals surface area contributed by atoms with E-state index in [2.05, 4.69) is 13.8 Å². The molecule has 0 spiro atoms. The number of phosphoric acid groups is 1. The largest absolute Gasteiger partial charge is 0.472 e. The molecule has 0 heterocycles. The van der Waals surface area contributed by atoms with Crippen molar-refractivity contribution in [3.8, 4) is 0 Å². The van der Waals surface area contributed by atoms with Crippen molar-refractivity contribution in [2.75, 3.05) is 33.0 Å². The number of rotatable bonds is 40. The predicted octanol–water partition coefficient (Wildman–Crippen LogP) is 11.7. The van der Waals surface area contributed by atoms with E-state index in [-0.39, 0.29) is 32.3 Å². The van der Waals surface area contributed by atoms with Crippen LogP contribution in [0.15, 0.2) is 0 Å². The lowest BCUT2D eigenvalue weighted by Crippen LogP contribution is -2.28. The third-order valence-electron chi connectivity index (χ3n) is 9.02. The molecular formula is C39H80NO7P. The van der Waals surface area contributed by atoms with E-state index in [1.165, 1.54) is 154 Å². The van der Waals surface area contributed by atoms with Crippen LogP contribution in [0.25, 0.3) is 0 Å². The lowest BCUT2D eigenvalue weighted by molar-refractivity contribution is -0.154. The molecule has 0 amide bonds. The summed E-state index contributed by atoms with van der Waals surface area (Å²) in [5.41, 5.74) is 5.35. The molecule has 288 valence electrons. The van der Waals surface area contributed by atoms with Crippen molar-refractivity contribution >= 4 is 13.8 Å². The number of esters is 1. The first kappa shape index (κ1) is 47.5. The molecule has 0 fully saturated rings. The second-order valence-corrected chi connectivity index (χ2v) is 15.3. The van der Waals surface area contributed by atoms with Gasteiger partial charge >= 0.3 is 13.8 Å². The second-order valence-electron chi connectivity index (χ2n) is 13.9. The number of unbranched alkanes of at least 4 members (excludes halogenated alkanes) is 27. The van der Waals surface area contributed by atoms with Crippen molar-refractivity contribution in [2.45, 2.75) is 213 Å². The van der Waals surface area contributed by atoms with Crippen molar-refractivity contribution in [1.29, 1.82) is 0 Å². The highest BCUT2D eigenvalue weighted by atomic mass is 31.2. The fourth-order valence-electron chi connectivity index (χ4n) is 6.00. The first-order valence-electron chi connectivity index (χ1n) is 20.5. The standard InChI is InChI=1S/C39H80NO7P/c1-3-5-7-9-11-13-15-16-17-18-19-20-21-22-23-25-27-29-31-34-44-36-38(37-46-48(42,43)45-35-33-40)47-39(41)32-30-28-26-24-14-12-10-8-6-4-2/h38H,3-37,40H2,1-2H3,(H,42,43). The van der Waals surface area contributed by atoms with Crippen molar-refractivity contribution in [1.82, 2.24) is 0 Å².